The first-order valence-electron chi connectivity index (χ1n) is 11.2. The minimum Gasteiger partial charge on any atom is -0.304 e. The van der Waals surface area contributed by atoms with Crippen LogP contribution in [0.3, 0.4) is 0 Å². The van der Waals surface area contributed by atoms with E-state index in [4.69, 9.17) is 0 Å². The molecular weight excluding hydrogens is 418 g/mol. The first kappa shape index (κ1) is 21.5. The molecular formula is C27H26F2N4. The summed E-state index contributed by atoms with van der Waals surface area (Å²) in [5, 5.41) is 7.08. The predicted molar refractivity (Wildman–Crippen MR) is 127 cm³/mol. The van der Waals surface area contributed by atoms with Crippen molar-refractivity contribution in [2.45, 2.75) is 6.04 Å². The van der Waals surface area contributed by atoms with Crippen LogP contribution in [0.25, 0.3) is 22.3 Å². The van der Waals surface area contributed by atoms with Crippen molar-refractivity contribution in [1.82, 2.24) is 20.0 Å². The zero-order valence-corrected chi connectivity index (χ0v) is 18.5. The summed E-state index contributed by atoms with van der Waals surface area (Å²) in [4.78, 5) is 4.74. The van der Waals surface area contributed by atoms with Gasteiger partial charge in [-0.25, -0.2) is 8.78 Å². The number of aromatic nitrogens is 2. The number of rotatable bonds is 5. The lowest BCUT2D eigenvalue weighted by molar-refractivity contribution is 0.127. The molecule has 0 spiro atoms. The zero-order valence-electron chi connectivity index (χ0n) is 18.5. The van der Waals surface area contributed by atoms with Gasteiger partial charge in [-0.05, 0) is 41.9 Å². The molecule has 0 amide bonds. The van der Waals surface area contributed by atoms with Crippen LogP contribution in [0.5, 0.6) is 0 Å². The van der Waals surface area contributed by atoms with Gasteiger partial charge >= 0.3 is 0 Å². The number of benzene rings is 3. The summed E-state index contributed by atoms with van der Waals surface area (Å²) in [7, 11) is 2.13. The zero-order chi connectivity index (χ0) is 22.8. The third kappa shape index (κ3) is 4.45. The first-order chi connectivity index (χ1) is 16.1. The molecule has 33 heavy (non-hydrogen) atoms. The van der Waals surface area contributed by atoms with E-state index >= 15 is 0 Å². The van der Waals surface area contributed by atoms with Crippen LogP contribution in [-0.4, -0.2) is 53.2 Å². The molecule has 2 heterocycles. The Labute approximate surface area is 192 Å². The van der Waals surface area contributed by atoms with Gasteiger partial charge in [-0.15, -0.1) is 0 Å². The van der Waals surface area contributed by atoms with Crippen molar-refractivity contribution >= 4 is 0 Å². The van der Waals surface area contributed by atoms with Crippen LogP contribution in [-0.2, 0) is 0 Å². The molecule has 1 aliphatic heterocycles. The Balaban J connectivity index is 1.50. The number of hydrogen-bond acceptors (Lipinski definition) is 3. The maximum Gasteiger partial charge on any atom is 0.131 e. The van der Waals surface area contributed by atoms with E-state index in [9.17, 15) is 8.78 Å². The largest absolute Gasteiger partial charge is 0.304 e. The minimum atomic E-state index is -0.276. The molecule has 1 N–H and O–H groups in total. The molecule has 5 rings (SSSR count). The second kappa shape index (κ2) is 9.25. The van der Waals surface area contributed by atoms with Crippen molar-refractivity contribution in [1.29, 1.82) is 0 Å². The fourth-order valence-electron chi connectivity index (χ4n) is 4.56. The Morgan fingerprint density at radius 1 is 0.788 bits per heavy atom. The van der Waals surface area contributed by atoms with Crippen molar-refractivity contribution in [3.8, 4) is 22.3 Å². The summed E-state index contributed by atoms with van der Waals surface area (Å²) in [5.41, 5.74) is 4.69. The van der Waals surface area contributed by atoms with Crippen molar-refractivity contribution in [2.75, 3.05) is 33.2 Å². The van der Waals surface area contributed by atoms with Gasteiger partial charge in [-0.3, -0.25) is 10.00 Å². The Bertz CT molecular complexity index is 1210. The second-order valence-electron chi connectivity index (χ2n) is 8.57. The lowest BCUT2D eigenvalue weighted by Crippen LogP contribution is -2.46. The van der Waals surface area contributed by atoms with Crippen molar-refractivity contribution in [3.05, 3.63) is 102 Å². The SMILES string of the molecule is CN1CCN(C(c2cn[nH]c2)c2ccc(F)c(-c3ccc(-c4ccccc4F)cc3)c2)CC1. The number of likely N-dealkylation sites (N-methyl/N-ethyl adjacent to an activating group) is 1. The van der Waals surface area contributed by atoms with Gasteiger partial charge in [0.25, 0.3) is 0 Å². The highest BCUT2D eigenvalue weighted by Gasteiger charge is 2.27. The standard InChI is InChI=1S/C27H26F2N4/c1-32-12-14-33(15-13-32)27(22-17-30-31-18-22)21-10-11-26(29)24(16-21)20-8-6-19(7-9-20)23-4-2-3-5-25(23)28/h2-11,16-18,27H,12-15H2,1H3,(H,30,31). The number of aromatic amines is 1. The van der Waals surface area contributed by atoms with E-state index in [-0.39, 0.29) is 17.7 Å². The van der Waals surface area contributed by atoms with Gasteiger partial charge in [0.2, 0.25) is 0 Å². The second-order valence-corrected chi connectivity index (χ2v) is 8.57. The average molecular weight is 445 g/mol. The molecule has 1 aliphatic rings. The summed E-state index contributed by atoms with van der Waals surface area (Å²) in [6, 6.07) is 19.4. The topological polar surface area (TPSA) is 35.2 Å². The lowest BCUT2D eigenvalue weighted by atomic mass is 9.94. The molecule has 0 aliphatic carbocycles. The van der Waals surface area contributed by atoms with Gasteiger partial charge in [0, 0.05) is 49.1 Å². The van der Waals surface area contributed by atoms with Crippen LogP contribution >= 0.6 is 0 Å². The Hall–Kier alpha value is -3.35. The van der Waals surface area contributed by atoms with Gasteiger partial charge in [-0.1, -0.05) is 48.5 Å². The molecule has 0 bridgehead atoms. The molecule has 168 valence electrons. The van der Waals surface area contributed by atoms with E-state index in [1.807, 2.05) is 54.9 Å². The van der Waals surface area contributed by atoms with Crippen molar-refractivity contribution in [2.24, 2.45) is 0 Å². The monoisotopic (exact) mass is 444 g/mol. The van der Waals surface area contributed by atoms with Gasteiger partial charge in [0.1, 0.15) is 11.6 Å². The molecule has 1 fully saturated rings. The Morgan fingerprint density at radius 3 is 2.12 bits per heavy atom. The van der Waals surface area contributed by atoms with E-state index in [2.05, 4.69) is 27.0 Å². The van der Waals surface area contributed by atoms with Crippen LogP contribution < -0.4 is 0 Å². The lowest BCUT2D eigenvalue weighted by Gasteiger charge is -2.38. The third-order valence-electron chi connectivity index (χ3n) is 6.43. The van der Waals surface area contributed by atoms with Crippen LogP contribution in [0.1, 0.15) is 17.2 Å². The number of piperazine rings is 1. The van der Waals surface area contributed by atoms with Crippen molar-refractivity contribution in [3.63, 3.8) is 0 Å². The van der Waals surface area contributed by atoms with Gasteiger partial charge in [0.15, 0.2) is 0 Å². The maximum absolute atomic E-state index is 14.9. The highest BCUT2D eigenvalue weighted by molar-refractivity contribution is 5.71. The summed E-state index contributed by atoms with van der Waals surface area (Å²) in [6.07, 6.45) is 3.75. The smallest absolute Gasteiger partial charge is 0.131 e. The normalized spacial score (nSPS) is 16.1. The molecule has 0 saturated carbocycles. The van der Waals surface area contributed by atoms with E-state index in [1.165, 1.54) is 6.07 Å². The molecule has 1 atom stereocenters. The van der Waals surface area contributed by atoms with Crippen LogP contribution in [0, 0.1) is 11.6 Å². The Kier molecular flexibility index (Phi) is 6.03. The van der Waals surface area contributed by atoms with E-state index in [0.717, 1.165) is 48.4 Å². The summed E-state index contributed by atoms with van der Waals surface area (Å²) >= 11 is 0. The third-order valence-corrected chi connectivity index (χ3v) is 6.43. The molecule has 1 aromatic heterocycles. The van der Waals surface area contributed by atoms with Crippen molar-refractivity contribution < 1.29 is 8.78 Å². The number of H-pyrrole nitrogens is 1. The fraction of sp³-hybridized carbons (Fsp3) is 0.222. The quantitative estimate of drug-likeness (QED) is 0.450. The molecule has 4 aromatic rings. The summed E-state index contributed by atoms with van der Waals surface area (Å²) < 4.78 is 29.1. The van der Waals surface area contributed by atoms with E-state index in [0.29, 0.717) is 11.1 Å². The van der Waals surface area contributed by atoms with Gasteiger partial charge < -0.3 is 4.90 Å². The number of halogens is 2. The molecule has 4 nitrogen and oxygen atoms in total. The van der Waals surface area contributed by atoms with Crippen LogP contribution in [0.2, 0.25) is 0 Å². The molecule has 1 unspecified atom stereocenters. The number of nitrogens with zero attached hydrogens (tertiary/aromatic N) is 3. The first-order valence-corrected chi connectivity index (χ1v) is 11.2. The Morgan fingerprint density at radius 2 is 1.45 bits per heavy atom. The molecule has 6 heteroatoms. The van der Waals surface area contributed by atoms with Crippen LogP contribution in [0.4, 0.5) is 8.78 Å². The predicted octanol–water partition coefficient (Wildman–Crippen LogP) is 5.36. The molecule has 1 saturated heterocycles. The van der Waals surface area contributed by atoms with Gasteiger partial charge in [0.05, 0.1) is 12.2 Å². The van der Waals surface area contributed by atoms with Crippen LogP contribution in [0.15, 0.2) is 79.1 Å². The number of hydrogen-bond donors (Lipinski definition) is 1. The van der Waals surface area contributed by atoms with Gasteiger partial charge in [-0.2, -0.15) is 5.10 Å². The maximum atomic E-state index is 14.9. The number of nitrogens with one attached hydrogen (secondary N) is 1. The van der Waals surface area contributed by atoms with E-state index < -0.39 is 0 Å². The summed E-state index contributed by atoms with van der Waals surface area (Å²) in [6.45, 7) is 3.83. The minimum absolute atomic E-state index is 0.00510. The highest BCUT2D eigenvalue weighted by Crippen LogP contribution is 2.34. The molecule has 3 aromatic carbocycles. The highest BCUT2D eigenvalue weighted by atomic mass is 19.1. The average Bonchev–Trinajstić information content (AvgIpc) is 3.36. The summed E-state index contributed by atoms with van der Waals surface area (Å²) in [5.74, 6) is -0.546. The fourth-order valence-corrected chi connectivity index (χ4v) is 4.56. The molecule has 0 radical (unpaired) electrons. The van der Waals surface area contributed by atoms with E-state index in [1.54, 1.807) is 18.2 Å².